The molecule has 4 nitrogen and oxygen atoms in total. The zero-order valence-corrected chi connectivity index (χ0v) is 10.5. The standard InChI is InChI=1S/C13H22N2O2/c1-9(2)17-11-5-3-10(4-6-11)13(16)12(15)7-8-14/h3-6,9,12-13,16H,7-8,14-15H2,1-2H3. The second-order valence-electron chi connectivity index (χ2n) is 4.42. The van der Waals surface area contributed by atoms with Crippen LogP contribution in [0.25, 0.3) is 0 Å². The third kappa shape index (κ3) is 4.34. The molecule has 0 aromatic heterocycles. The smallest absolute Gasteiger partial charge is 0.119 e. The maximum Gasteiger partial charge on any atom is 0.119 e. The Hall–Kier alpha value is -1.10. The molecule has 0 fully saturated rings. The summed E-state index contributed by atoms with van der Waals surface area (Å²) in [5.74, 6) is 0.795. The summed E-state index contributed by atoms with van der Waals surface area (Å²) in [6.45, 7) is 4.42. The largest absolute Gasteiger partial charge is 0.491 e. The predicted octanol–water partition coefficient (Wildman–Crippen LogP) is 1.18. The molecule has 0 aliphatic heterocycles. The van der Waals surface area contributed by atoms with Gasteiger partial charge >= 0.3 is 0 Å². The van der Waals surface area contributed by atoms with Crippen molar-refractivity contribution in [2.24, 2.45) is 11.5 Å². The molecule has 5 N–H and O–H groups in total. The Morgan fingerprint density at radius 1 is 1.24 bits per heavy atom. The number of rotatable bonds is 6. The zero-order valence-electron chi connectivity index (χ0n) is 10.5. The lowest BCUT2D eigenvalue weighted by Gasteiger charge is -2.19. The first kappa shape index (κ1) is 14.0. The maximum absolute atomic E-state index is 9.97. The van der Waals surface area contributed by atoms with Crippen molar-refractivity contribution in [1.29, 1.82) is 0 Å². The first-order valence-electron chi connectivity index (χ1n) is 5.95. The molecule has 0 bridgehead atoms. The van der Waals surface area contributed by atoms with Crippen LogP contribution in [-0.4, -0.2) is 23.8 Å². The van der Waals surface area contributed by atoms with Gasteiger partial charge in [-0.1, -0.05) is 12.1 Å². The van der Waals surface area contributed by atoms with E-state index in [0.717, 1.165) is 11.3 Å². The molecule has 1 rings (SSSR count). The number of nitrogens with two attached hydrogens (primary N) is 2. The minimum absolute atomic E-state index is 0.144. The van der Waals surface area contributed by atoms with Gasteiger partial charge < -0.3 is 21.3 Å². The molecule has 0 radical (unpaired) electrons. The van der Waals surface area contributed by atoms with Crippen molar-refractivity contribution in [1.82, 2.24) is 0 Å². The lowest BCUT2D eigenvalue weighted by Crippen LogP contribution is -2.30. The number of aliphatic hydroxyl groups is 1. The highest BCUT2D eigenvalue weighted by Gasteiger charge is 2.15. The minimum Gasteiger partial charge on any atom is -0.491 e. The normalized spacial score (nSPS) is 14.7. The van der Waals surface area contributed by atoms with E-state index in [2.05, 4.69) is 0 Å². The van der Waals surface area contributed by atoms with Gasteiger partial charge in [-0.25, -0.2) is 0 Å². The monoisotopic (exact) mass is 238 g/mol. The van der Waals surface area contributed by atoms with Crippen molar-refractivity contribution in [3.63, 3.8) is 0 Å². The maximum atomic E-state index is 9.97. The van der Waals surface area contributed by atoms with Crippen molar-refractivity contribution in [3.8, 4) is 5.75 Å². The molecule has 0 saturated heterocycles. The molecule has 1 aromatic carbocycles. The Kier molecular flexibility index (Phi) is 5.41. The van der Waals surface area contributed by atoms with Gasteiger partial charge in [0.1, 0.15) is 5.75 Å². The third-order valence-electron chi connectivity index (χ3n) is 2.50. The average molecular weight is 238 g/mol. The summed E-state index contributed by atoms with van der Waals surface area (Å²) in [7, 11) is 0. The molecule has 2 unspecified atom stereocenters. The minimum atomic E-state index is -0.674. The number of benzene rings is 1. The zero-order chi connectivity index (χ0) is 12.8. The van der Waals surface area contributed by atoms with E-state index in [1.165, 1.54) is 0 Å². The fraction of sp³-hybridized carbons (Fsp3) is 0.538. The molecule has 2 atom stereocenters. The van der Waals surface area contributed by atoms with Gasteiger partial charge in [-0.2, -0.15) is 0 Å². The van der Waals surface area contributed by atoms with Crippen LogP contribution in [0.4, 0.5) is 0 Å². The molecule has 0 saturated carbocycles. The second kappa shape index (κ2) is 6.59. The highest BCUT2D eigenvalue weighted by Crippen LogP contribution is 2.21. The van der Waals surface area contributed by atoms with Crippen LogP contribution in [0, 0.1) is 0 Å². The number of hydrogen-bond acceptors (Lipinski definition) is 4. The quantitative estimate of drug-likeness (QED) is 0.695. The topological polar surface area (TPSA) is 81.5 Å². The Morgan fingerprint density at radius 2 is 1.82 bits per heavy atom. The van der Waals surface area contributed by atoms with Crippen molar-refractivity contribution in [2.75, 3.05) is 6.54 Å². The lowest BCUT2D eigenvalue weighted by atomic mass is 10.0. The van der Waals surface area contributed by atoms with Crippen LogP contribution in [0.15, 0.2) is 24.3 Å². The summed E-state index contributed by atoms with van der Waals surface area (Å²) in [6, 6.07) is 7.02. The molecule has 0 aliphatic rings. The van der Waals surface area contributed by atoms with Crippen molar-refractivity contribution in [3.05, 3.63) is 29.8 Å². The fourth-order valence-electron chi connectivity index (χ4n) is 1.61. The van der Waals surface area contributed by atoms with Crippen molar-refractivity contribution >= 4 is 0 Å². The van der Waals surface area contributed by atoms with Gasteiger partial charge in [0.15, 0.2) is 0 Å². The van der Waals surface area contributed by atoms with E-state index in [0.29, 0.717) is 13.0 Å². The van der Waals surface area contributed by atoms with E-state index in [1.54, 1.807) is 0 Å². The first-order valence-corrected chi connectivity index (χ1v) is 5.95. The van der Waals surface area contributed by atoms with Crippen molar-refractivity contribution < 1.29 is 9.84 Å². The van der Waals surface area contributed by atoms with Gasteiger partial charge in [-0.05, 0) is 44.5 Å². The van der Waals surface area contributed by atoms with E-state index in [1.807, 2.05) is 38.1 Å². The summed E-state index contributed by atoms with van der Waals surface area (Å²) >= 11 is 0. The Labute approximate surface area is 103 Å². The summed E-state index contributed by atoms with van der Waals surface area (Å²) < 4.78 is 5.52. The van der Waals surface area contributed by atoms with Gasteiger partial charge in [0.25, 0.3) is 0 Å². The average Bonchev–Trinajstić information content (AvgIpc) is 2.28. The van der Waals surface area contributed by atoms with Crippen LogP contribution in [-0.2, 0) is 0 Å². The van der Waals surface area contributed by atoms with E-state index in [-0.39, 0.29) is 12.1 Å². The highest BCUT2D eigenvalue weighted by molar-refractivity contribution is 5.29. The molecule has 0 amide bonds. The third-order valence-corrected chi connectivity index (χ3v) is 2.50. The van der Waals surface area contributed by atoms with E-state index in [4.69, 9.17) is 16.2 Å². The summed E-state index contributed by atoms with van der Waals surface area (Å²) in [5, 5.41) is 9.97. The van der Waals surface area contributed by atoms with Crippen LogP contribution in [0.2, 0.25) is 0 Å². The highest BCUT2D eigenvalue weighted by atomic mass is 16.5. The molecule has 96 valence electrons. The van der Waals surface area contributed by atoms with Crippen LogP contribution in [0.5, 0.6) is 5.75 Å². The number of hydrogen-bond donors (Lipinski definition) is 3. The molecule has 17 heavy (non-hydrogen) atoms. The summed E-state index contributed by atoms with van der Waals surface area (Å²) in [6.07, 6.45) is 0.0720. The van der Waals surface area contributed by atoms with Gasteiger partial charge in [0.05, 0.1) is 12.2 Å². The predicted molar refractivity (Wildman–Crippen MR) is 68.8 cm³/mol. The Balaban J connectivity index is 2.66. The van der Waals surface area contributed by atoms with Crippen LogP contribution in [0.3, 0.4) is 0 Å². The van der Waals surface area contributed by atoms with Gasteiger partial charge in [-0.15, -0.1) is 0 Å². The molecule has 0 spiro atoms. The van der Waals surface area contributed by atoms with Crippen LogP contribution >= 0.6 is 0 Å². The van der Waals surface area contributed by atoms with Gasteiger partial charge in [0.2, 0.25) is 0 Å². The second-order valence-corrected chi connectivity index (χ2v) is 4.42. The van der Waals surface area contributed by atoms with Crippen LogP contribution in [0.1, 0.15) is 31.9 Å². The van der Waals surface area contributed by atoms with Gasteiger partial charge in [-0.3, -0.25) is 0 Å². The van der Waals surface area contributed by atoms with Crippen LogP contribution < -0.4 is 16.2 Å². The van der Waals surface area contributed by atoms with E-state index < -0.39 is 6.10 Å². The molecule has 0 aliphatic carbocycles. The molecule has 1 aromatic rings. The Bertz CT molecular complexity index is 325. The van der Waals surface area contributed by atoms with E-state index in [9.17, 15) is 5.11 Å². The van der Waals surface area contributed by atoms with Gasteiger partial charge in [0, 0.05) is 6.04 Å². The molecule has 0 heterocycles. The fourth-order valence-corrected chi connectivity index (χ4v) is 1.61. The molecular weight excluding hydrogens is 216 g/mol. The summed E-state index contributed by atoms with van der Waals surface area (Å²) in [4.78, 5) is 0. The lowest BCUT2D eigenvalue weighted by molar-refractivity contribution is 0.143. The van der Waals surface area contributed by atoms with E-state index >= 15 is 0 Å². The Morgan fingerprint density at radius 3 is 2.29 bits per heavy atom. The molecular formula is C13H22N2O2. The first-order chi connectivity index (χ1) is 8.04. The van der Waals surface area contributed by atoms with Crippen molar-refractivity contribution in [2.45, 2.75) is 38.5 Å². The number of ether oxygens (including phenoxy) is 1. The summed E-state index contributed by atoms with van der Waals surface area (Å²) in [5.41, 5.74) is 12.0. The molecule has 4 heteroatoms. The SMILES string of the molecule is CC(C)Oc1ccc(C(O)C(N)CCN)cc1. The number of aliphatic hydroxyl groups excluding tert-OH is 1.